The second-order valence-electron chi connectivity index (χ2n) is 4.18. The van der Waals surface area contributed by atoms with Gasteiger partial charge in [0, 0.05) is 5.56 Å². The fourth-order valence-electron chi connectivity index (χ4n) is 1.78. The summed E-state index contributed by atoms with van der Waals surface area (Å²) >= 11 is 1.14. The Morgan fingerprint density at radius 1 is 1.16 bits per heavy atom. The first-order valence-corrected chi connectivity index (χ1v) is 6.28. The van der Waals surface area contributed by atoms with Crippen molar-refractivity contribution in [1.82, 2.24) is 4.98 Å². The topological polar surface area (TPSA) is 99.5 Å². The van der Waals surface area contributed by atoms with E-state index < -0.39 is 11.9 Å². The maximum absolute atomic E-state index is 11.1. The Hall–Kier alpha value is -2.15. The molecular formula is C12H12N2O4S. The average molecular weight is 280 g/mol. The summed E-state index contributed by atoms with van der Waals surface area (Å²) in [7, 11) is 0. The number of anilines is 1. The number of benzene rings is 1. The highest BCUT2D eigenvalue weighted by Crippen LogP contribution is 2.38. The largest absolute Gasteiger partial charge is 0.507 e. The lowest BCUT2D eigenvalue weighted by Crippen LogP contribution is -2.21. The van der Waals surface area contributed by atoms with Gasteiger partial charge in [-0.25, -0.2) is 9.78 Å². The van der Waals surface area contributed by atoms with E-state index in [1.165, 1.54) is 0 Å². The monoisotopic (exact) mass is 280 g/mol. The van der Waals surface area contributed by atoms with Crippen molar-refractivity contribution in [3.63, 3.8) is 0 Å². The standard InChI is InChI=1S/C12H12N2O4S/c1-4-5(2)8(15)6(3)9-7(4)13-12(19-9)14-10(16)11(17)18/h15H,1-3H3,(H,17,18)(H,13,14,16). The molecule has 6 nitrogen and oxygen atoms in total. The van der Waals surface area contributed by atoms with E-state index in [-0.39, 0.29) is 10.9 Å². The van der Waals surface area contributed by atoms with Crippen LogP contribution in [-0.2, 0) is 9.59 Å². The molecule has 1 aromatic carbocycles. The fourth-order valence-corrected chi connectivity index (χ4v) is 2.80. The van der Waals surface area contributed by atoms with Crippen molar-refractivity contribution in [1.29, 1.82) is 0 Å². The first kappa shape index (κ1) is 13.3. The lowest BCUT2D eigenvalue weighted by molar-refractivity contribution is -0.147. The Morgan fingerprint density at radius 2 is 1.79 bits per heavy atom. The molecule has 0 atom stereocenters. The van der Waals surface area contributed by atoms with E-state index in [0.717, 1.165) is 27.2 Å². The number of carboxylic acids is 1. The molecule has 0 spiro atoms. The van der Waals surface area contributed by atoms with E-state index in [9.17, 15) is 14.7 Å². The number of rotatable bonds is 1. The number of aromatic nitrogens is 1. The lowest BCUT2D eigenvalue weighted by atomic mass is 10.0. The van der Waals surface area contributed by atoms with Crippen molar-refractivity contribution in [3.8, 4) is 5.75 Å². The number of thiazole rings is 1. The van der Waals surface area contributed by atoms with Gasteiger partial charge in [0.05, 0.1) is 10.2 Å². The van der Waals surface area contributed by atoms with Gasteiger partial charge in [-0.2, -0.15) is 0 Å². The minimum absolute atomic E-state index is 0.199. The first-order chi connectivity index (χ1) is 8.82. The predicted molar refractivity (Wildman–Crippen MR) is 71.8 cm³/mol. The summed E-state index contributed by atoms with van der Waals surface area (Å²) in [6.45, 7) is 5.36. The van der Waals surface area contributed by atoms with Crippen LogP contribution >= 0.6 is 11.3 Å². The van der Waals surface area contributed by atoms with Crippen LogP contribution in [0.5, 0.6) is 5.75 Å². The van der Waals surface area contributed by atoms with E-state index in [0.29, 0.717) is 11.1 Å². The summed E-state index contributed by atoms with van der Waals surface area (Å²) in [5.41, 5.74) is 2.88. The molecule has 0 aliphatic heterocycles. The third-order valence-corrected chi connectivity index (χ3v) is 4.10. The summed E-state index contributed by atoms with van der Waals surface area (Å²) in [5.74, 6) is -2.49. The normalized spacial score (nSPS) is 10.7. The van der Waals surface area contributed by atoms with Crippen LogP contribution in [0.4, 0.5) is 5.13 Å². The molecule has 2 aromatic rings. The Balaban J connectivity index is 2.58. The number of hydrogen-bond donors (Lipinski definition) is 3. The molecule has 0 fully saturated rings. The van der Waals surface area contributed by atoms with Gasteiger partial charge >= 0.3 is 11.9 Å². The number of fused-ring (bicyclic) bond motifs is 1. The summed E-state index contributed by atoms with van der Waals surface area (Å²) in [6, 6.07) is 0. The molecule has 1 amide bonds. The second kappa shape index (κ2) is 4.51. The van der Waals surface area contributed by atoms with Gasteiger partial charge in [0.1, 0.15) is 5.75 Å². The lowest BCUT2D eigenvalue weighted by Gasteiger charge is -2.07. The molecule has 7 heteroatoms. The Morgan fingerprint density at radius 3 is 2.37 bits per heavy atom. The zero-order valence-electron chi connectivity index (χ0n) is 10.6. The van der Waals surface area contributed by atoms with Crippen LogP contribution in [0.1, 0.15) is 16.7 Å². The first-order valence-electron chi connectivity index (χ1n) is 5.46. The molecule has 100 valence electrons. The van der Waals surface area contributed by atoms with Crippen LogP contribution in [0, 0.1) is 20.8 Å². The fraction of sp³-hybridized carbons (Fsp3) is 0.250. The number of nitrogens with zero attached hydrogens (tertiary/aromatic N) is 1. The van der Waals surface area contributed by atoms with Gasteiger partial charge in [0.15, 0.2) is 5.13 Å². The van der Waals surface area contributed by atoms with Gasteiger partial charge in [0.2, 0.25) is 0 Å². The molecule has 0 saturated carbocycles. The maximum atomic E-state index is 11.1. The molecule has 1 aromatic heterocycles. The van der Waals surface area contributed by atoms with E-state index in [4.69, 9.17) is 5.11 Å². The van der Waals surface area contributed by atoms with Crippen molar-refractivity contribution in [3.05, 3.63) is 16.7 Å². The number of hydrogen-bond acceptors (Lipinski definition) is 5. The molecule has 2 rings (SSSR count). The zero-order chi connectivity index (χ0) is 14.3. The maximum Gasteiger partial charge on any atom is 0.394 e. The van der Waals surface area contributed by atoms with Crippen molar-refractivity contribution in [2.24, 2.45) is 0 Å². The molecule has 0 bridgehead atoms. The van der Waals surface area contributed by atoms with Gasteiger partial charge < -0.3 is 10.2 Å². The molecule has 0 aliphatic rings. The number of phenolic OH excluding ortho intramolecular Hbond substituents is 1. The quantitative estimate of drug-likeness (QED) is 0.693. The molecule has 1 heterocycles. The number of carboxylic acid groups (broad SMARTS) is 1. The molecule has 0 saturated heterocycles. The molecule has 3 N–H and O–H groups in total. The predicted octanol–water partition coefficient (Wildman–Crippen LogP) is 1.95. The van der Waals surface area contributed by atoms with Crippen molar-refractivity contribution >= 4 is 38.6 Å². The van der Waals surface area contributed by atoms with Crippen LogP contribution < -0.4 is 5.32 Å². The van der Waals surface area contributed by atoms with Gasteiger partial charge in [-0.3, -0.25) is 10.1 Å². The SMILES string of the molecule is Cc1c(O)c(C)c2sc(NC(=O)C(=O)O)nc2c1C. The van der Waals surface area contributed by atoms with E-state index in [1.807, 2.05) is 6.92 Å². The number of carbonyl (C=O) groups excluding carboxylic acids is 1. The highest BCUT2D eigenvalue weighted by atomic mass is 32.1. The Labute approximate surface area is 112 Å². The van der Waals surface area contributed by atoms with Gasteiger partial charge in [0.25, 0.3) is 0 Å². The molecule has 0 aliphatic carbocycles. The Bertz CT molecular complexity index is 661. The summed E-state index contributed by atoms with van der Waals surface area (Å²) in [6.07, 6.45) is 0. The molecule has 19 heavy (non-hydrogen) atoms. The van der Waals surface area contributed by atoms with Crippen molar-refractivity contribution in [2.45, 2.75) is 20.8 Å². The molecule has 0 unspecified atom stereocenters. The van der Waals surface area contributed by atoms with Gasteiger partial charge in [-0.15, -0.1) is 0 Å². The highest BCUT2D eigenvalue weighted by molar-refractivity contribution is 7.22. The Kier molecular flexibility index (Phi) is 3.15. The van der Waals surface area contributed by atoms with Crippen molar-refractivity contribution < 1.29 is 19.8 Å². The summed E-state index contributed by atoms with van der Waals surface area (Å²) in [4.78, 5) is 25.8. The average Bonchev–Trinajstić information content (AvgIpc) is 2.77. The van der Waals surface area contributed by atoms with Crippen LogP contribution in [0.15, 0.2) is 0 Å². The van der Waals surface area contributed by atoms with Crippen LogP contribution in [-0.4, -0.2) is 27.1 Å². The highest BCUT2D eigenvalue weighted by Gasteiger charge is 2.18. The molecule has 0 radical (unpaired) electrons. The number of aliphatic carboxylic acids is 1. The second-order valence-corrected chi connectivity index (χ2v) is 5.18. The van der Waals surface area contributed by atoms with Gasteiger partial charge in [-0.05, 0) is 31.9 Å². The number of carbonyl (C=O) groups is 2. The number of phenols is 1. The number of aryl methyl sites for hydroxylation is 2. The van der Waals surface area contributed by atoms with E-state index in [1.54, 1.807) is 13.8 Å². The number of amides is 1. The third kappa shape index (κ3) is 2.12. The molecular weight excluding hydrogens is 268 g/mol. The minimum Gasteiger partial charge on any atom is -0.507 e. The van der Waals surface area contributed by atoms with Gasteiger partial charge in [-0.1, -0.05) is 11.3 Å². The number of aromatic hydroxyl groups is 1. The third-order valence-electron chi connectivity index (χ3n) is 3.01. The van der Waals surface area contributed by atoms with Crippen LogP contribution in [0.25, 0.3) is 10.2 Å². The number of nitrogens with one attached hydrogen (secondary N) is 1. The van der Waals surface area contributed by atoms with E-state index in [2.05, 4.69) is 10.3 Å². The summed E-state index contributed by atoms with van der Waals surface area (Å²) < 4.78 is 0.737. The minimum atomic E-state index is -1.56. The summed E-state index contributed by atoms with van der Waals surface area (Å²) in [5, 5.41) is 20.9. The zero-order valence-corrected chi connectivity index (χ0v) is 11.4. The van der Waals surface area contributed by atoms with E-state index >= 15 is 0 Å². The van der Waals surface area contributed by atoms with Crippen molar-refractivity contribution in [2.75, 3.05) is 5.32 Å². The van der Waals surface area contributed by atoms with Crippen LogP contribution in [0.3, 0.4) is 0 Å². The van der Waals surface area contributed by atoms with Crippen LogP contribution in [0.2, 0.25) is 0 Å². The smallest absolute Gasteiger partial charge is 0.394 e.